The predicted octanol–water partition coefficient (Wildman–Crippen LogP) is 3.38. The number of benzene rings is 1. The normalized spacial score (nSPS) is 14.0. The number of carbonyl (C=O) groups is 3. The summed E-state index contributed by atoms with van der Waals surface area (Å²) in [4.78, 5) is 39.2. The van der Waals surface area contributed by atoms with Gasteiger partial charge in [0.25, 0.3) is 0 Å². The first-order chi connectivity index (χ1) is 16.6. The topological polar surface area (TPSA) is 123 Å². The zero-order chi connectivity index (χ0) is 27.3. The first-order valence-electron chi connectivity index (χ1n) is 9.76. The van der Waals surface area contributed by atoms with Gasteiger partial charge in [0, 0.05) is 31.9 Å². The second kappa shape index (κ2) is 11.1. The average Bonchev–Trinajstić information content (AvgIpc) is 2.79. The van der Waals surface area contributed by atoms with Crippen LogP contribution < -0.4 is 15.1 Å². The number of aromatic carboxylic acids is 1. The van der Waals surface area contributed by atoms with Gasteiger partial charge in [0.05, 0.1) is 11.9 Å². The van der Waals surface area contributed by atoms with Crippen LogP contribution in [-0.2, 0) is 9.59 Å². The Labute approximate surface area is 197 Å². The Hall–Kier alpha value is -4.11. The average molecular weight is 526 g/mol. The molecule has 1 saturated heterocycles. The van der Waals surface area contributed by atoms with Crippen molar-refractivity contribution in [3.8, 4) is 0 Å². The van der Waals surface area contributed by atoms with E-state index in [0.717, 1.165) is 18.0 Å². The van der Waals surface area contributed by atoms with Crippen molar-refractivity contribution in [2.45, 2.75) is 12.4 Å². The number of carbonyl (C=O) groups excluding carboxylic acids is 1. The lowest BCUT2D eigenvalue weighted by atomic mass is 10.2. The van der Waals surface area contributed by atoms with Crippen LogP contribution in [0.25, 0.3) is 0 Å². The molecule has 1 amide bonds. The zero-order valence-corrected chi connectivity index (χ0v) is 17.9. The van der Waals surface area contributed by atoms with Crippen molar-refractivity contribution >= 4 is 35.0 Å². The summed E-state index contributed by atoms with van der Waals surface area (Å²) in [6.07, 6.45) is -9.20. The maximum absolute atomic E-state index is 13.1. The van der Waals surface area contributed by atoms with Crippen molar-refractivity contribution < 1.29 is 55.3 Å². The third-order valence-electron chi connectivity index (χ3n) is 4.63. The summed E-state index contributed by atoms with van der Waals surface area (Å²) >= 11 is 0. The maximum atomic E-state index is 13.1. The highest BCUT2D eigenvalue weighted by Gasteiger charge is 2.39. The van der Waals surface area contributed by atoms with Gasteiger partial charge in [-0.15, -0.1) is 0 Å². The summed E-state index contributed by atoms with van der Waals surface area (Å²) in [7, 11) is 0. The van der Waals surface area contributed by atoms with Crippen LogP contribution in [0.4, 0.5) is 47.9 Å². The molecule has 0 aliphatic carbocycles. The molecule has 0 spiro atoms. The molecule has 2 heterocycles. The third-order valence-corrected chi connectivity index (χ3v) is 4.63. The molecule has 0 bridgehead atoms. The number of halogens is 7. The number of aromatic nitrogens is 1. The lowest BCUT2D eigenvalue weighted by molar-refractivity contribution is -0.192. The molecule has 0 saturated carbocycles. The molecule has 2 aromatic rings. The first kappa shape index (κ1) is 28.1. The summed E-state index contributed by atoms with van der Waals surface area (Å²) in [5, 5.41) is 18.1. The molecule has 3 rings (SSSR count). The Morgan fingerprint density at radius 2 is 1.36 bits per heavy atom. The number of rotatable bonds is 4. The number of hydrogen-bond acceptors (Lipinski definition) is 6. The SMILES string of the molecule is O=C(O)C(F)(F)F.O=C(O)c1cc(NC(=O)C(F)(F)F)cnc1N1CCN(c2ccc(F)cc2)CC1. The molecule has 3 N–H and O–H groups in total. The highest BCUT2D eigenvalue weighted by atomic mass is 19.4. The minimum atomic E-state index is -5.10. The fourth-order valence-electron chi connectivity index (χ4n) is 2.97. The van der Waals surface area contributed by atoms with Crippen molar-refractivity contribution in [2.75, 3.05) is 41.3 Å². The van der Waals surface area contributed by atoms with Crippen LogP contribution in [0.5, 0.6) is 0 Å². The number of aliphatic carboxylic acids is 1. The van der Waals surface area contributed by atoms with E-state index in [1.807, 2.05) is 4.90 Å². The maximum Gasteiger partial charge on any atom is 0.490 e. The molecule has 16 heteroatoms. The van der Waals surface area contributed by atoms with Gasteiger partial charge >= 0.3 is 30.2 Å². The van der Waals surface area contributed by atoms with Crippen molar-refractivity contribution in [1.82, 2.24) is 4.98 Å². The van der Waals surface area contributed by atoms with Gasteiger partial charge in [-0.05, 0) is 30.3 Å². The van der Waals surface area contributed by atoms with Gasteiger partial charge < -0.3 is 25.3 Å². The van der Waals surface area contributed by atoms with Crippen molar-refractivity contribution in [3.63, 3.8) is 0 Å². The summed E-state index contributed by atoms with van der Waals surface area (Å²) in [5.74, 6) is -6.60. The molecule has 1 fully saturated rings. The molecule has 0 radical (unpaired) electrons. The van der Waals surface area contributed by atoms with Gasteiger partial charge in [-0.2, -0.15) is 26.3 Å². The van der Waals surface area contributed by atoms with E-state index in [9.17, 15) is 45.4 Å². The molecule has 0 atom stereocenters. The van der Waals surface area contributed by atoms with Crippen molar-refractivity contribution in [1.29, 1.82) is 0 Å². The second-order valence-corrected chi connectivity index (χ2v) is 7.11. The monoisotopic (exact) mass is 526 g/mol. The molecular weight excluding hydrogens is 509 g/mol. The van der Waals surface area contributed by atoms with Crippen LogP contribution in [0.2, 0.25) is 0 Å². The van der Waals surface area contributed by atoms with Crippen LogP contribution in [0.3, 0.4) is 0 Å². The zero-order valence-electron chi connectivity index (χ0n) is 17.9. The number of nitrogens with zero attached hydrogens (tertiary/aromatic N) is 3. The largest absolute Gasteiger partial charge is 0.490 e. The summed E-state index contributed by atoms with van der Waals surface area (Å²) in [6, 6.07) is 6.92. The third kappa shape index (κ3) is 7.71. The number of alkyl halides is 6. The second-order valence-electron chi connectivity index (χ2n) is 7.11. The Kier molecular flexibility index (Phi) is 8.66. The van der Waals surface area contributed by atoms with E-state index >= 15 is 0 Å². The van der Waals surface area contributed by atoms with E-state index < -0.39 is 30.2 Å². The molecule has 1 aromatic carbocycles. The Morgan fingerprint density at radius 3 is 1.81 bits per heavy atom. The van der Waals surface area contributed by atoms with Gasteiger partial charge in [0.1, 0.15) is 17.2 Å². The van der Waals surface area contributed by atoms with E-state index in [2.05, 4.69) is 4.98 Å². The van der Waals surface area contributed by atoms with Crippen molar-refractivity contribution in [3.05, 3.63) is 47.9 Å². The van der Waals surface area contributed by atoms with Crippen LogP contribution in [0.1, 0.15) is 10.4 Å². The first-order valence-corrected chi connectivity index (χ1v) is 9.76. The molecule has 0 unspecified atom stereocenters. The number of pyridine rings is 1. The number of anilines is 3. The molecule has 36 heavy (non-hydrogen) atoms. The van der Waals surface area contributed by atoms with Crippen LogP contribution in [-0.4, -0.2) is 71.6 Å². The minimum Gasteiger partial charge on any atom is -0.478 e. The number of amides is 1. The minimum absolute atomic E-state index is 0.0984. The Balaban J connectivity index is 0.000000572. The molecule has 1 aromatic heterocycles. The summed E-state index contributed by atoms with van der Waals surface area (Å²) < 4.78 is 81.9. The number of piperazine rings is 1. The lowest BCUT2D eigenvalue weighted by Crippen LogP contribution is -2.47. The molecule has 1 aliphatic heterocycles. The standard InChI is InChI=1S/C18H16F4N4O3.C2HF3O2/c19-11-1-3-13(4-2-11)25-5-7-26(8-6-25)15-14(16(27)28)9-12(10-23-15)24-17(29)18(20,21)22;3-2(4,5)1(6)7/h1-4,9-10H,5-8H2,(H,24,29)(H,27,28);(H,6,7). The Bertz CT molecular complexity index is 1100. The van der Waals surface area contributed by atoms with Gasteiger partial charge in [0.2, 0.25) is 0 Å². The van der Waals surface area contributed by atoms with Crippen LogP contribution in [0.15, 0.2) is 36.5 Å². The quantitative estimate of drug-likeness (QED) is 0.519. The Morgan fingerprint density at radius 1 is 0.861 bits per heavy atom. The fourth-order valence-corrected chi connectivity index (χ4v) is 2.97. The van der Waals surface area contributed by atoms with Crippen molar-refractivity contribution in [2.24, 2.45) is 0 Å². The number of hydrogen-bond donors (Lipinski definition) is 3. The van der Waals surface area contributed by atoms with Gasteiger partial charge in [-0.1, -0.05) is 0 Å². The highest BCUT2D eigenvalue weighted by molar-refractivity contribution is 5.98. The predicted molar refractivity (Wildman–Crippen MR) is 110 cm³/mol. The van der Waals surface area contributed by atoms with E-state index in [-0.39, 0.29) is 22.9 Å². The van der Waals surface area contributed by atoms with E-state index in [0.29, 0.717) is 26.2 Å². The van der Waals surface area contributed by atoms with Crippen LogP contribution >= 0.6 is 0 Å². The van der Waals surface area contributed by atoms with E-state index in [1.165, 1.54) is 12.1 Å². The summed E-state index contributed by atoms with van der Waals surface area (Å²) in [5.41, 5.74) is 0.140. The molecule has 1 aliphatic rings. The van der Waals surface area contributed by atoms with Gasteiger partial charge in [0.15, 0.2) is 0 Å². The van der Waals surface area contributed by atoms with Gasteiger partial charge in [-0.25, -0.2) is 19.0 Å². The lowest BCUT2D eigenvalue weighted by Gasteiger charge is -2.37. The molecule has 9 nitrogen and oxygen atoms in total. The summed E-state index contributed by atoms with van der Waals surface area (Å²) in [6.45, 7) is 1.83. The van der Waals surface area contributed by atoms with Crippen LogP contribution in [0, 0.1) is 5.82 Å². The highest BCUT2D eigenvalue weighted by Crippen LogP contribution is 2.26. The molecular formula is C20H17F7N4O5. The number of carboxylic acids is 2. The van der Waals surface area contributed by atoms with E-state index in [1.54, 1.807) is 22.3 Å². The smallest absolute Gasteiger partial charge is 0.478 e. The number of carboxylic acid groups (broad SMARTS) is 2. The fraction of sp³-hybridized carbons (Fsp3) is 0.300. The van der Waals surface area contributed by atoms with Gasteiger partial charge in [-0.3, -0.25) is 4.79 Å². The molecule has 196 valence electrons. The number of nitrogens with one attached hydrogen (secondary N) is 1. The van der Waals surface area contributed by atoms with E-state index in [4.69, 9.17) is 9.90 Å².